The van der Waals surface area contributed by atoms with Crippen LogP contribution in [0.4, 0.5) is 13.2 Å². The molecule has 1 aromatic rings. The van der Waals surface area contributed by atoms with Crippen molar-refractivity contribution < 1.29 is 22.7 Å². The standard InChI is InChI=1S/C8H5ClF3NO3/c1-3-2-4(14)6(16-8(10,11)12)5(13-3)7(9)15/h2H,1H3,(H,13,14). The van der Waals surface area contributed by atoms with Crippen molar-refractivity contribution in [2.75, 3.05) is 0 Å². The third-order valence-electron chi connectivity index (χ3n) is 1.53. The summed E-state index contributed by atoms with van der Waals surface area (Å²) < 4.78 is 39.2. The molecule has 1 aromatic heterocycles. The molecular formula is C8H5ClF3NO3. The predicted octanol–water partition coefficient (Wildman–Crippen LogP) is 1.96. The molecule has 4 nitrogen and oxygen atoms in total. The van der Waals surface area contributed by atoms with E-state index in [1.807, 2.05) is 0 Å². The van der Waals surface area contributed by atoms with Crippen molar-refractivity contribution in [2.24, 2.45) is 0 Å². The van der Waals surface area contributed by atoms with Crippen LogP contribution in [0.3, 0.4) is 0 Å². The second-order valence-corrected chi connectivity index (χ2v) is 3.19. The Labute approximate surface area is 92.0 Å². The number of carbonyl (C=O) groups is 1. The molecule has 16 heavy (non-hydrogen) atoms. The van der Waals surface area contributed by atoms with Crippen molar-refractivity contribution in [2.45, 2.75) is 13.3 Å². The van der Waals surface area contributed by atoms with Crippen LogP contribution in [0.5, 0.6) is 5.75 Å². The van der Waals surface area contributed by atoms with Crippen molar-refractivity contribution in [1.29, 1.82) is 0 Å². The zero-order chi connectivity index (χ0) is 12.5. The lowest BCUT2D eigenvalue weighted by Crippen LogP contribution is -2.24. The number of aromatic nitrogens is 1. The highest BCUT2D eigenvalue weighted by Gasteiger charge is 2.34. The van der Waals surface area contributed by atoms with Gasteiger partial charge in [-0.25, -0.2) is 0 Å². The lowest BCUT2D eigenvalue weighted by atomic mass is 10.3. The SMILES string of the molecule is Cc1cc(=O)c(OC(F)(F)F)c(C(=O)Cl)[nH]1. The first-order valence-corrected chi connectivity index (χ1v) is 4.28. The number of halogens is 4. The van der Waals surface area contributed by atoms with Crippen LogP contribution in [-0.2, 0) is 0 Å². The molecule has 0 aliphatic heterocycles. The Bertz CT molecular complexity index is 480. The number of hydrogen-bond donors (Lipinski definition) is 1. The van der Waals surface area contributed by atoms with E-state index in [2.05, 4.69) is 9.72 Å². The molecule has 0 aromatic carbocycles. The lowest BCUT2D eigenvalue weighted by molar-refractivity contribution is -0.275. The van der Waals surface area contributed by atoms with E-state index < -0.39 is 28.5 Å². The van der Waals surface area contributed by atoms with Gasteiger partial charge in [-0.1, -0.05) is 0 Å². The molecule has 0 spiro atoms. The Hall–Kier alpha value is -1.50. The molecule has 0 fully saturated rings. The summed E-state index contributed by atoms with van der Waals surface area (Å²) in [5, 5.41) is -1.24. The fourth-order valence-corrected chi connectivity index (χ4v) is 1.16. The fraction of sp³-hybridized carbons (Fsp3) is 0.250. The molecule has 0 saturated carbocycles. The molecule has 88 valence electrons. The quantitative estimate of drug-likeness (QED) is 0.822. The Morgan fingerprint density at radius 2 is 2.06 bits per heavy atom. The summed E-state index contributed by atoms with van der Waals surface area (Å²) in [4.78, 5) is 24.2. The summed E-state index contributed by atoms with van der Waals surface area (Å²) in [5.41, 5.74) is -1.59. The summed E-state index contributed by atoms with van der Waals surface area (Å²) in [7, 11) is 0. The second-order valence-electron chi connectivity index (χ2n) is 2.84. The van der Waals surface area contributed by atoms with Gasteiger partial charge in [0.15, 0.2) is 0 Å². The van der Waals surface area contributed by atoms with Crippen LogP contribution < -0.4 is 10.2 Å². The number of aromatic amines is 1. The molecule has 0 saturated heterocycles. The van der Waals surface area contributed by atoms with Gasteiger partial charge in [0.05, 0.1) is 0 Å². The average Bonchev–Trinajstić information content (AvgIpc) is 2.07. The minimum absolute atomic E-state index is 0.198. The topological polar surface area (TPSA) is 59.2 Å². The van der Waals surface area contributed by atoms with E-state index in [1.54, 1.807) is 0 Å². The smallest absolute Gasteiger partial charge is 0.399 e. The lowest BCUT2D eigenvalue weighted by Gasteiger charge is -2.10. The number of ether oxygens (including phenoxy) is 1. The van der Waals surface area contributed by atoms with Crippen LogP contribution in [0.25, 0.3) is 0 Å². The first kappa shape index (κ1) is 12.6. The van der Waals surface area contributed by atoms with Gasteiger partial charge in [-0.3, -0.25) is 9.59 Å². The molecule has 0 unspecified atom stereocenters. The number of pyridine rings is 1. The number of aryl methyl sites for hydroxylation is 1. The molecule has 8 heteroatoms. The highest BCUT2D eigenvalue weighted by atomic mass is 35.5. The maximum atomic E-state index is 11.9. The zero-order valence-corrected chi connectivity index (χ0v) is 8.57. The van der Waals surface area contributed by atoms with Gasteiger partial charge in [-0.2, -0.15) is 0 Å². The van der Waals surface area contributed by atoms with E-state index in [4.69, 9.17) is 11.6 Å². The van der Waals surface area contributed by atoms with E-state index in [0.717, 1.165) is 6.07 Å². The minimum atomic E-state index is -5.07. The van der Waals surface area contributed by atoms with E-state index >= 15 is 0 Å². The number of nitrogens with one attached hydrogen (secondary N) is 1. The van der Waals surface area contributed by atoms with Gasteiger partial charge in [0.2, 0.25) is 11.2 Å². The van der Waals surface area contributed by atoms with Crippen molar-refractivity contribution in [3.05, 3.63) is 27.7 Å². The molecule has 0 atom stereocenters. The van der Waals surface area contributed by atoms with Crippen LogP contribution in [0, 0.1) is 6.92 Å². The Morgan fingerprint density at radius 3 is 2.50 bits per heavy atom. The first-order valence-electron chi connectivity index (χ1n) is 3.90. The summed E-state index contributed by atoms with van der Waals surface area (Å²) in [6, 6.07) is 0.865. The van der Waals surface area contributed by atoms with Gasteiger partial charge in [0.25, 0.3) is 5.24 Å². The van der Waals surface area contributed by atoms with Gasteiger partial charge < -0.3 is 9.72 Å². The third kappa shape index (κ3) is 2.99. The van der Waals surface area contributed by atoms with E-state index in [1.165, 1.54) is 6.92 Å². The monoisotopic (exact) mass is 255 g/mol. The van der Waals surface area contributed by atoms with E-state index in [9.17, 15) is 22.8 Å². The number of hydrogen-bond acceptors (Lipinski definition) is 3. The molecular weight excluding hydrogens is 251 g/mol. The molecule has 0 radical (unpaired) electrons. The van der Waals surface area contributed by atoms with Gasteiger partial charge in [-0.05, 0) is 18.5 Å². The van der Waals surface area contributed by atoms with Crippen LogP contribution in [0.1, 0.15) is 16.2 Å². The Morgan fingerprint density at radius 1 is 1.50 bits per heavy atom. The number of carbonyl (C=O) groups excluding carboxylic acids is 1. The highest BCUT2D eigenvalue weighted by molar-refractivity contribution is 6.67. The minimum Gasteiger partial charge on any atom is -0.399 e. The van der Waals surface area contributed by atoms with Crippen LogP contribution >= 0.6 is 11.6 Å². The molecule has 1 heterocycles. The number of alkyl halides is 3. The van der Waals surface area contributed by atoms with Gasteiger partial charge >= 0.3 is 6.36 Å². The summed E-state index contributed by atoms with van der Waals surface area (Å²) in [6.45, 7) is 1.39. The van der Waals surface area contributed by atoms with Gasteiger partial charge in [-0.15, -0.1) is 13.2 Å². The average molecular weight is 256 g/mol. The van der Waals surface area contributed by atoms with E-state index in [-0.39, 0.29) is 5.69 Å². The van der Waals surface area contributed by atoms with Crippen molar-refractivity contribution >= 4 is 16.8 Å². The molecule has 0 amide bonds. The number of rotatable bonds is 2. The normalized spacial score (nSPS) is 11.3. The zero-order valence-electron chi connectivity index (χ0n) is 7.81. The Kier molecular flexibility index (Phi) is 3.27. The molecule has 1 rings (SSSR count). The maximum Gasteiger partial charge on any atom is 0.573 e. The summed E-state index contributed by atoms with van der Waals surface area (Å²) >= 11 is 5.02. The Balaban J connectivity index is 3.36. The summed E-state index contributed by atoms with van der Waals surface area (Å²) in [6.07, 6.45) is -5.07. The van der Waals surface area contributed by atoms with Crippen molar-refractivity contribution in [3.8, 4) is 5.75 Å². The van der Waals surface area contributed by atoms with Crippen LogP contribution in [0.15, 0.2) is 10.9 Å². The van der Waals surface area contributed by atoms with Gasteiger partial charge in [0.1, 0.15) is 5.69 Å². The fourth-order valence-electron chi connectivity index (χ4n) is 1.03. The maximum absolute atomic E-state index is 11.9. The molecule has 0 aliphatic rings. The molecule has 1 N–H and O–H groups in total. The largest absolute Gasteiger partial charge is 0.573 e. The van der Waals surface area contributed by atoms with Crippen LogP contribution in [-0.4, -0.2) is 16.6 Å². The predicted molar refractivity (Wildman–Crippen MR) is 48.7 cm³/mol. The highest BCUT2D eigenvalue weighted by Crippen LogP contribution is 2.23. The van der Waals surface area contributed by atoms with Gasteiger partial charge in [0, 0.05) is 11.8 Å². The molecule has 0 bridgehead atoms. The van der Waals surface area contributed by atoms with Crippen LogP contribution in [0.2, 0.25) is 0 Å². The third-order valence-corrected chi connectivity index (χ3v) is 1.72. The number of H-pyrrole nitrogens is 1. The summed E-state index contributed by atoms with van der Waals surface area (Å²) in [5.74, 6) is -1.15. The van der Waals surface area contributed by atoms with E-state index in [0.29, 0.717) is 0 Å². The van der Waals surface area contributed by atoms with Crippen molar-refractivity contribution in [1.82, 2.24) is 4.98 Å². The van der Waals surface area contributed by atoms with Crippen molar-refractivity contribution in [3.63, 3.8) is 0 Å². The molecule has 0 aliphatic carbocycles. The second kappa shape index (κ2) is 4.17. The first-order chi connectivity index (χ1) is 7.20.